The van der Waals surface area contributed by atoms with Crippen molar-refractivity contribution in [2.24, 2.45) is 5.92 Å². The molecule has 2 bridgehead atoms. The summed E-state index contributed by atoms with van der Waals surface area (Å²) >= 11 is 0. The van der Waals surface area contributed by atoms with E-state index in [9.17, 15) is 14.7 Å². The molecule has 2 amide bonds. The Morgan fingerprint density at radius 3 is 2.84 bits per heavy atom. The lowest BCUT2D eigenvalue weighted by atomic mass is 9.95. The van der Waals surface area contributed by atoms with Crippen molar-refractivity contribution in [3.8, 4) is 11.4 Å². The van der Waals surface area contributed by atoms with Crippen LogP contribution in [0.15, 0.2) is 24.5 Å². The molecule has 3 aliphatic heterocycles. The first kappa shape index (κ1) is 15.6. The molecule has 3 saturated heterocycles. The molecular formula is C16H18N6O3. The maximum atomic E-state index is 12.9. The summed E-state index contributed by atoms with van der Waals surface area (Å²) in [5.41, 5.74) is 0.776. The molecule has 9 heteroatoms. The van der Waals surface area contributed by atoms with Crippen molar-refractivity contribution < 1.29 is 14.7 Å². The van der Waals surface area contributed by atoms with Crippen LogP contribution in [0, 0.1) is 5.92 Å². The molecule has 2 atom stereocenters. The largest absolute Gasteiger partial charge is 0.507 e. The van der Waals surface area contributed by atoms with Gasteiger partial charge in [0.1, 0.15) is 12.1 Å². The predicted octanol–water partition coefficient (Wildman–Crippen LogP) is 0.0607. The molecule has 3 aliphatic rings. The number of tetrazole rings is 1. The molecule has 5 rings (SSSR count). The van der Waals surface area contributed by atoms with Crippen LogP contribution in [0.3, 0.4) is 0 Å². The van der Waals surface area contributed by atoms with Gasteiger partial charge in [-0.25, -0.2) is 4.68 Å². The maximum Gasteiger partial charge on any atom is 0.257 e. The molecule has 9 nitrogen and oxygen atoms in total. The summed E-state index contributed by atoms with van der Waals surface area (Å²) in [5, 5.41) is 21.2. The number of piperidine rings is 1. The Kier molecular flexibility index (Phi) is 3.63. The molecule has 2 aromatic rings. The van der Waals surface area contributed by atoms with E-state index in [-0.39, 0.29) is 35.1 Å². The topological polar surface area (TPSA) is 104 Å². The molecule has 1 N–H and O–H groups in total. The molecule has 0 spiro atoms. The van der Waals surface area contributed by atoms with Gasteiger partial charge >= 0.3 is 0 Å². The molecule has 25 heavy (non-hydrogen) atoms. The lowest BCUT2D eigenvalue weighted by Crippen LogP contribution is -2.45. The van der Waals surface area contributed by atoms with E-state index in [1.165, 1.54) is 17.1 Å². The third-order valence-corrected chi connectivity index (χ3v) is 5.08. The molecule has 1 aromatic carbocycles. The van der Waals surface area contributed by atoms with Crippen molar-refractivity contribution in [1.82, 2.24) is 30.0 Å². The van der Waals surface area contributed by atoms with E-state index >= 15 is 0 Å². The fourth-order valence-electron chi connectivity index (χ4n) is 3.62. The van der Waals surface area contributed by atoms with Gasteiger partial charge in [-0.05, 0) is 35.4 Å². The van der Waals surface area contributed by atoms with Crippen LogP contribution in [-0.2, 0) is 4.79 Å². The summed E-state index contributed by atoms with van der Waals surface area (Å²) in [6.07, 6.45) is 3.12. The van der Waals surface area contributed by atoms with Crippen LogP contribution in [0.5, 0.6) is 5.75 Å². The van der Waals surface area contributed by atoms with Gasteiger partial charge in [-0.3, -0.25) is 9.59 Å². The highest BCUT2D eigenvalue weighted by Gasteiger charge is 2.40. The van der Waals surface area contributed by atoms with Crippen molar-refractivity contribution in [3.63, 3.8) is 0 Å². The van der Waals surface area contributed by atoms with Crippen LogP contribution >= 0.6 is 0 Å². The highest BCUT2D eigenvalue weighted by atomic mass is 16.3. The Morgan fingerprint density at radius 2 is 2.12 bits per heavy atom. The predicted molar refractivity (Wildman–Crippen MR) is 86.0 cm³/mol. The first-order chi connectivity index (χ1) is 12.0. The number of phenols is 1. The number of carbonyl (C=O) groups is 2. The van der Waals surface area contributed by atoms with Crippen LogP contribution in [0.2, 0.25) is 0 Å². The molecule has 3 fully saturated rings. The second kappa shape index (κ2) is 5.83. The van der Waals surface area contributed by atoms with Crippen molar-refractivity contribution >= 4 is 11.8 Å². The SMILES string of the molecule is CN1C(=O)[C@@H]2CC[C@H]1CN(C(=O)c1ccc(-n3cnnn3)cc1O)C2. The summed E-state index contributed by atoms with van der Waals surface area (Å²) in [6.45, 7) is 0.887. The van der Waals surface area contributed by atoms with E-state index in [1.807, 2.05) is 0 Å². The van der Waals surface area contributed by atoms with Gasteiger partial charge in [0.15, 0.2) is 0 Å². The van der Waals surface area contributed by atoms with E-state index in [0.717, 1.165) is 12.8 Å². The first-order valence-corrected chi connectivity index (χ1v) is 8.17. The number of aromatic hydroxyl groups is 1. The second-order valence-corrected chi connectivity index (χ2v) is 6.54. The molecular weight excluding hydrogens is 324 g/mol. The summed E-state index contributed by atoms with van der Waals surface area (Å²) < 4.78 is 1.40. The average Bonchev–Trinajstić information content (AvgIpc) is 3.01. The number of aromatic nitrogens is 4. The number of carbonyl (C=O) groups excluding carboxylic acids is 2. The van der Waals surface area contributed by atoms with Crippen molar-refractivity contribution in [2.75, 3.05) is 20.1 Å². The Labute approximate surface area is 143 Å². The monoisotopic (exact) mass is 342 g/mol. The molecule has 4 heterocycles. The van der Waals surface area contributed by atoms with Crippen molar-refractivity contribution in [1.29, 1.82) is 0 Å². The zero-order valence-electron chi connectivity index (χ0n) is 13.7. The van der Waals surface area contributed by atoms with Gasteiger partial charge in [-0.15, -0.1) is 5.10 Å². The van der Waals surface area contributed by atoms with E-state index in [2.05, 4.69) is 15.5 Å². The number of fused-ring (bicyclic) bond motifs is 4. The van der Waals surface area contributed by atoms with E-state index < -0.39 is 0 Å². The standard InChI is InChI=1S/C16H18N6O3/c1-20-12-3-2-10(15(20)24)7-21(8-12)16(25)13-5-4-11(6-14(13)23)22-9-17-18-19-22/h4-6,9-10,12,23H,2-3,7-8H2,1H3/t10-,12+/m1/s1. The van der Waals surface area contributed by atoms with E-state index in [0.29, 0.717) is 18.8 Å². The molecule has 130 valence electrons. The fourth-order valence-corrected chi connectivity index (χ4v) is 3.62. The lowest BCUT2D eigenvalue weighted by molar-refractivity contribution is -0.138. The smallest absolute Gasteiger partial charge is 0.257 e. The van der Waals surface area contributed by atoms with Crippen LogP contribution in [-0.4, -0.2) is 73.1 Å². The van der Waals surface area contributed by atoms with Crippen LogP contribution < -0.4 is 0 Å². The van der Waals surface area contributed by atoms with Crippen LogP contribution in [0.1, 0.15) is 23.2 Å². The summed E-state index contributed by atoms with van der Waals surface area (Å²) in [6, 6.07) is 4.73. The number of likely N-dealkylation sites (N-methyl/N-ethyl adjacent to an activating group) is 1. The first-order valence-electron chi connectivity index (χ1n) is 8.17. The van der Waals surface area contributed by atoms with Crippen molar-refractivity contribution in [2.45, 2.75) is 18.9 Å². The van der Waals surface area contributed by atoms with Gasteiger partial charge < -0.3 is 14.9 Å². The number of rotatable bonds is 2. The second-order valence-electron chi connectivity index (χ2n) is 6.54. The fraction of sp³-hybridized carbons (Fsp3) is 0.438. The summed E-state index contributed by atoms with van der Waals surface area (Å²) in [4.78, 5) is 28.6. The summed E-state index contributed by atoms with van der Waals surface area (Å²) in [5.74, 6) is -0.449. The van der Waals surface area contributed by atoms with Gasteiger partial charge in [0.05, 0.1) is 17.2 Å². The van der Waals surface area contributed by atoms with Gasteiger partial charge in [0.2, 0.25) is 5.91 Å². The minimum Gasteiger partial charge on any atom is -0.507 e. The molecule has 0 saturated carbocycles. The quantitative estimate of drug-likeness (QED) is 0.828. The number of hydrogen-bond donors (Lipinski definition) is 1. The Morgan fingerprint density at radius 1 is 1.28 bits per heavy atom. The molecule has 0 aliphatic carbocycles. The minimum atomic E-state index is -0.263. The highest BCUT2D eigenvalue weighted by molar-refractivity contribution is 5.97. The van der Waals surface area contributed by atoms with Crippen LogP contribution in [0.25, 0.3) is 5.69 Å². The average molecular weight is 342 g/mol. The van der Waals surface area contributed by atoms with E-state index in [4.69, 9.17) is 0 Å². The van der Waals surface area contributed by atoms with Crippen LogP contribution in [0.4, 0.5) is 0 Å². The highest BCUT2D eigenvalue weighted by Crippen LogP contribution is 2.30. The molecule has 0 unspecified atom stereocenters. The zero-order valence-corrected chi connectivity index (χ0v) is 13.7. The van der Waals surface area contributed by atoms with Crippen molar-refractivity contribution in [3.05, 3.63) is 30.1 Å². The number of hydrogen-bond acceptors (Lipinski definition) is 6. The molecule has 0 radical (unpaired) electrons. The van der Waals surface area contributed by atoms with Gasteiger partial charge in [0.25, 0.3) is 5.91 Å². The zero-order chi connectivity index (χ0) is 17.6. The minimum absolute atomic E-state index is 0.0397. The third kappa shape index (κ3) is 2.61. The Balaban J connectivity index is 1.60. The lowest BCUT2D eigenvalue weighted by Gasteiger charge is -2.32. The van der Waals surface area contributed by atoms with E-state index in [1.54, 1.807) is 29.0 Å². The Hall–Kier alpha value is -2.97. The Bertz CT molecular complexity index is 821. The van der Waals surface area contributed by atoms with Gasteiger partial charge in [0, 0.05) is 32.2 Å². The number of benzene rings is 1. The normalized spacial score (nSPS) is 23.0. The van der Waals surface area contributed by atoms with Gasteiger partial charge in [-0.2, -0.15) is 0 Å². The van der Waals surface area contributed by atoms with Gasteiger partial charge in [-0.1, -0.05) is 0 Å². The number of nitrogens with zero attached hydrogens (tertiary/aromatic N) is 6. The molecule has 1 aromatic heterocycles. The summed E-state index contributed by atoms with van der Waals surface area (Å²) in [7, 11) is 1.80. The maximum absolute atomic E-state index is 12.9. The number of phenolic OH excluding ortho intramolecular Hbond substituents is 1. The third-order valence-electron chi connectivity index (χ3n) is 5.08. The number of amides is 2.